The Morgan fingerprint density at radius 1 is 1.17 bits per heavy atom. The fraction of sp³-hybridized carbons (Fsp3) is 0.727. The molecule has 4 aliphatic rings. The van der Waals surface area contributed by atoms with Gasteiger partial charge in [-0.3, -0.25) is 4.79 Å². The van der Waals surface area contributed by atoms with Gasteiger partial charge in [-0.2, -0.15) is 0 Å². The zero-order valence-corrected chi connectivity index (χ0v) is 6.94. The molecular weight excluding hydrogens is 148 g/mol. The monoisotopic (exact) mass is 160 g/mol. The molecule has 3 saturated carbocycles. The minimum absolute atomic E-state index is 0.527. The molecule has 1 nitrogen and oxygen atoms in total. The summed E-state index contributed by atoms with van der Waals surface area (Å²) in [5, 5.41) is 0. The number of allylic oxidation sites excluding steroid dienone is 2. The second-order valence-corrected chi connectivity index (χ2v) is 4.92. The van der Waals surface area contributed by atoms with Crippen molar-refractivity contribution < 1.29 is 4.79 Å². The molecule has 4 aliphatic carbocycles. The standard InChI is InChI=1S/C11H12O/c12-11-9-7-4-8(10(9)11)6-3-1-2-5(6)7/h1-2,5-10H,3-4H2/t5-,6+,7+,8-,9+,10-/m0/s1. The first-order chi connectivity index (χ1) is 5.88. The maximum atomic E-state index is 11.4. The van der Waals surface area contributed by atoms with Crippen LogP contribution in [0.25, 0.3) is 0 Å². The number of ketones is 1. The van der Waals surface area contributed by atoms with Crippen LogP contribution in [0.1, 0.15) is 12.8 Å². The van der Waals surface area contributed by atoms with Crippen LogP contribution in [0.5, 0.6) is 0 Å². The quantitative estimate of drug-likeness (QED) is 0.492. The topological polar surface area (TPSA) is 17.1 Å². The van der Waals surface area contributed by atoms with Gasteiger partial charge in [-0.15, -0.1) is 0 Å². The first-order valence-electron chi connectivity index (χ1n) is 5.08. The van der Waals surface area contributed by atoms with Crippen LogP contribution in [0, 0.1) is 35.5 Å². The number of rotatable bonds is 0. The average Bonchev–Trinajstić information content (AvgIpc) is 2.60. The van der Waals surface area contributed by atoms with Gasteiger partial charge in [0.05, 0.1) is 0 Å². The first kappa shape index (κ1) is 5.95. The molecule has 0 saturated heterocycles. The Morgan fingerprint density at radius 2 is 2.00 bits per heavy atom. The molecule has 0 aromatic rings. The molecule has 0 unspecified atom stereocenters. The van der Waals surface area contributed by atoms with E-state index in [0.29, 0.717) is 17.6 Å². The van der Waals surface area contributed by atoms with Crippen LogP contribution >= 0.6 is 0 Å². The third kappa shape index (κ3) is 0.429. The third-order valence-electron chi connectivity index (χ3n) is 4.71. The highest BCUT2D eigenvalue weighted by atomic mass is 16.1. The van der Waals surface area contributed by atoms with Gasteiger partial charge in [-0.25, -0.2) is 0 Å². The molecule has 0 spiro atoms. The summed E-state index contributed by atoms with van der Waals surface area (Å²) in [6, 6.07) is 0. The second-order valence-electron chi connectivity index (χ2n) is 4.92. The summed E-state index contributed by atoms with van der Waals surface area (Å²) in [5.74, 6) is 4.93. The van der Waals surface area contributed by atoms with E-state index in [1.165, 1.54) is 12.8 Å². The molecule has 0 aromatic carbocycles. The minimum atomic E-state index is 0.527. The summed E-state index contributed by atoms with van der Waals surface area (Å²) in [5.41, 5.74) is 0. The van der Waals surface area contributed by atoms with Gasteiger partial charge in [0.25, 0.3) is 0 Å². The Bertz CT molecular complexity index is 304. The van der Waals surface area contributed by atoms with Crippen molar-refractivity contribution in [1.29, 1.82) is 0 Å². The van der Waals surface area contributed by atoms with Crippen LogP contribution in [-0.2, 0) is 4.79 Å². The Morgan fingerprint density at radius 3 is 2.92 bits per heavy atom. The number of hydrogen-bond acceptors (Lipinski definition) is 1. The van der Waals surface area contributed by atoms with Crippen molar-refractivity contribution in [3.63, 3.8) is 0 Å². The summed E-state index contributed by atoms with van der Waals surface area (Å²) < 4.78 is 0. The van der Waals surface area contributed by atoms with Crippen molar-refractivity contribution in [2.24, 2.45) is 35.5 Å². The van der Waals surface area contributed by atoms with Gasteiger partial charge < -0.3 is 0 Å². The molecule has 0 N–H and O–H groups in total. The van der Waals surface area contributed by atoms with E-state index in [-0.39, 0.29) is 0 Å². The van der Waals surface area contributed by atoms with Gasteiger partial charge in [0, 0.05) is 11.8 Å². The van der Waals surface area contributed by atoms with Crippen LogP contribution in [0.3, 0.4) is 0 Å². The molecule has 3 fully saturated rings. The summed E-state index contributed by atoms with van der Waals surface area (Å²) in [6.45, 7) is 0. The highest BCUT2D eigenvalue weighted by Gasteiger charge is 2.70. The molecular formula is C11H12O. The van der Waals surface area contributed by atoms with Gasteiger partial charge in [0.15, 0.2) is 0 Å². The van der Waals surface area contributed by atoms with E-state index in [1.807, 2.05) is 0 Å². The summed E-state index contributed by atoms with van der Waals surface area (Å²) in [7, 11) is 0. The third-order valence-corrected chi connectivity index (χ3v) is 4.71. The van der Waals surface area contributed by atoms with Crippen molar-refractivity contribution in [2.45, 2.75) is 12.8 Å². The molecule has 1 heteroatoms. The van der Waals surface area contributed by atoms with Crippen molar-refractivity contribution in [3.05, 3.63) is 12.2 Å². The van der Waals surface area contributed by atoms with Crippen LogP contribution in [-0.4, -0.2) is 5.78 Å². The lowest BCUT2D eigenvalue weighted by molar-refractivity contribution is -0.113. The van der Waals surface area contributed by atoms with E-state index in [4.69, 9.17) is 0 Å². The number of carbonyl (C=O) groups is 1. The summed E-state index contributed by atoms with van der Waals surface area (Å²) in [4.78, 5) is 11.4. The normalized spacial score (nSPS) is 63.8. The molecule has 0 radical (unpaired) electrons. The second kappa shape index (κ2) is 1.55. The lowest BCUT2D eigenvalue weighted by Crippen LogP contribution is -2.18. The Hall–Kier alpha value is -0.590. The largest absolute Gasteiger partial charge is 0.299 e. The zero-order valence-electron chi connectivity index (χ0n) is 6.94. The lowest BCUT2D eigenvalue weighted by Gasteiger charge is -2.21. The molecule has 0 aromatic heterocycles. The molecule has 2 bridgehead atoms. The van der Waals surface area contributed by atoms with E-state index in [9.17, 15) is 4.79 Å². The van der Waals surface area contributed by atoms with E-state index in [2.05, 4.69) is 12.2 Å². The molecule has 0 amide bonds. The van der Waals surface area contributed by atoms with E-state index in [1.54, 1.807) is 0 Å². The Kier molecular flexibility index (Phi) is 0.768. The predicted octanol–water partition coefficient (Wildman–Crippen LogP) is 1.64. The Balaban J connectivity index is 1.82. The minimum Gasteiger partial charge on any atom is -0.299 e. The summed E-state index contributed by atoms with van der Waals surface area (Å²) >= 11 is 0. The Labute approximate surface area is 71.8 Å². The lowest BCUT2D eigenvalue weighted by atomic mass is 9.82. The van der Waals surface area contributed by atoms with E-state index >= 15 is 0 Å². The average molecular weight is 160 g/mol. The van der Waals surface area contributed by atoms with E-state index < -0.39 is 0 Å². The number of hydrogen-bond donors (Lipinski definition) is 0. The summed E-state index contributed by atoms with van der Waals surface area (Å²) in [6.07, 6.45) is 7.37. The highest BCUT2D eigenvalue weighted by Crippen LogP contribution is 2.69. The fourth-order valence-electron chi connectivity index (χ4n) is 4.29. The van der Waals surface area contributed by atoms with Gasteiger partial charge >= 0.3 is 0 Å². The number of Topliss-reactive ketones (excluding diaryl/α,β-unsaturated/α-hetero) is 1. The van der Waals surface area contributed by atoms with Gasteiger partial charge in [0.2, 0.25) is 0 Å². The molecule has 0 aliphatic heterocycles. The maximum absolute atomic E-state index is 11.4. The van der Waals surface area contributed by atoms with Crippen molar-refractivity contribution in [1.82, 2.24) is 0 Å². The van der Waals surface area contributed by atoms with Gasteiger partial charge in [-0.1, -0.05) is 12.2 Å². The molecule has 6 atom stereocenters. The van der Waals surface area contributed by atoms with Crippen LogP contribution in [0.15, 0.2) is 12.2 Å². The first-order valence-corrected chi connectivity index (χ1v) is 5.08. The fourth-order valence-corrected chi connectivity index (χ4v) is 4.29. The van der Waals surface area contributed by atoms with Crippen LogP contribution in [0.2, 0.25) is 0 Å². The molecule has 12 heavy (non-hydrogen) atoms. The number of carbonyl (C=O) groups excluding carboxylic acids is 1. The molecule has 4 rings (SSSR count). The van der Waals surface area contributed by atoms with Crippen molar-refractivity contribution >= 4 is 5.78 Å². The predicted molar refractivity (Wildman–Crippen MR) is 44.3 cm³/mol. The van der Waals surface area contributed by atoms with Crippen LogP contribution < -0.4 is 0 Å². The zero-order chi connectivity index (χ0) is 7.87. The van der Waals surface area contributed by atoms with E-state index in [0.717, 1.165) is 23.7 Å². The van der Waals surface area contributed by atoms with Crippen molar-refractivity contribution in [2.75, 3.05) is 0 Å². The molecule has 0 heterocycles. The SMILES string of the molecule is O=C1[C@@H]2[C@@H]3C[C@@H]([C@@H]4CC=C[C@@H]43)[C@H]12. The highest BCUT2D eigenvalue weighted by molar-refractivity contribution is 6.01. The van der Waals surface area contributed by atoms with Gasteiger partial charge in [0.1, 0.15) is 5.78 Å². The molecule has 62 valence electrons. The van der Waals surface area contributed by atoms with Gasteiger partial charge in [-0.05, 0) is 36.5 Å². The maximum Gasteiger partial charge on any atom is 0.141 e. The van der Waals surface area contributed by atoms with Crippen molar-refractivity contribution in [3.8, 4) is 0 Å². The number of fused-ring (bicyclic) bond motifs is 8. The smallest absolute Gasteiger partial charge is 0.141 e. The van der Waals surface area contributed by atoms with Crippen LogP contribution in [0.4, 0.5) is 0 Å².